The number of halogens is 1. The summed E-state index contributed by atoms with van der Waals surface area (Å²) in [4.78, 5) is 3.90. The molecule has 1 aromatic carbocycles. The van der Waals surface area contributed by atoms with Gasteiger partial charge in [0.15, 0.2) is 0 Å². The van der Waals surface area contributed by atoms with Gasteiger partial charge in [0.25, 0.3) is 0 Å². The van der Waals surface area contributed by atoms with Gasteiger partial charge in [0.2, 0.25) is 15.9 Å². The van der Waals surface area contributed by atoms with E-state index in [0.29, 0.717) is 23.8 Å². The van der Waals surface area contributed by atoms with Crippen LogP contribution in [0.5, 0.6) is 0 Å². The van der Waals surface area contributed by atoms with Crippen LogP contribution in [0.4, 0.5) is 5.69 Å². The minimum Gasteiger partial charge on any atom is -0.444 e. The van der Waals surface area contributed by atoms with E-state index in [1.54, 1.807) is 6.20 Å². The van der Waals surface area contributed by atoms with Crippen LogP contribution in [0, 0.1) is 0 Å². The van der Waals surface area contributed by atoms with Crippen LogP contribution < -0.4 is 10.5 Å². The Bertz CT molecular complexity index is 712. The van der Waals surface area contributed by atoms with E-state index in [0.717, 1.165) is 0 Å². The molecule has 2 aromatic rings. The Morgan fingerprint density at radius 3 is 2.85 bits per heavy atom. The second-order valence-electron chi connectivity index (χ2n) is 4.09. The highest BCUT2D eigenvalue weighted by Gasteiger charge is 2.19. The van der Waals surface area contributed by atoms with Gasteiger partial charge in [-0.25, -0.2) is 18.1 Å². The first-order chi connectivity index (χ1) is 9.42. The Morgan fingerprint density at radius 2 is 2.20 bits per heavy atom. The van der Waals surface area contributed by atoms with Gasteiger partial charge in [0, 0.05) is 12.1 Å². The van der Waals surface area contributed by atoms with Crippen molar-refractivity contribution in [3.8, 4) is 0 Å². The van der Waals surface area contributed by atoms with E-state index >= 15 is 0 Å². The van der Waals surface area contributed by atoms with Crippen LogP contribution in [-0.2, 0) is 23.0 Å². The molecule has 6 nitrogen and oxygen atoms in total. The second-order valence-corrected chi connectivity index (χ2v) is 6.23. The number of hydrogen-bond donors (Lipinski definition) is 2. The number of oxazole rings is 1. The fourth-order valence-corrected chi connectivity index (χ4v) is 3.06. The first-order valence-corrected chi connectivity index (χ1v) is 7.76. The van der Waals surface area contributed by atoms with Gasteiger partial charge in [-0.05, 0) is 18.2 Å². The van der Waals surface area contributed by atoms with Crippen LogP contribution in [0.1, 0.15) is 18.6 Å². The SMILES string of the molecule is CCc1cnc(CNS(=O)(=O)c2cc(N)ccc2Cl)o1. The molecule has 20 heavy (non-hydrogen) atoms. The zero-order valence-corrected chi connectivity index (χ0v) is 12.3. The number of nitrogen functional groups attached to an aromatic ring is 1. The molecular formula is C12H14ClN3O3S. The number of benzene rings is 1. The molecule has 0 aliphatic rings. The lowest BCUT2D eigenvalue weighted by Crippen LogP contribution is -2.23. The minimum absolute atomic E-state index is 0.0482. The summed E-state index contributed by atoms with van der Waals surface area (Å²) >= 11 is 5.88. The van der Waals surface area contributed by atoms with E-state index in [1.165, 1.54) is 18.2 Å². The fourth-order valence-electron chi connectivity index (χ4n) is 1.55. The van der Waals surface area contributed by atoms with E-state index in [2.05, 4.69) is 9.71 Å². The summed E-state index contributed by atoms with van der Waals surface area (Å²) in [6.07, 6.45) is 2.26. The van der Waals surface area contributed by atoms with Gasteiger partial charge >= 0.3 is 0 Å². The maximum Gasteiger partial charge on any atom is 0.242 e. The zero-order chi connectivity index (χ0) is 14.8. The number of nitrogens with two attached hydrogens (primary N) is 1. The van der Waals surface area contributed by atoms with E-state index in [4.69, 9.17) is 21.8 Å². The van der Waals surface area contributed by atoms with E-state index < -0.39 is 10.0 Å². The molecule has 8 heteroatoms. The average molecular weight is 316 g/mol. The van der Waals surface area contributed by atoms with Gasteiger partial charge in [0.05, 0.1) is 17.8 Å². The Kier molecular flexibility index (Phi) is 4.32. The van der Waals surface area contributed by atoms with Gasteiger partial charge in [-0.1, -0.05) is 18.5 Å². The summed E-state index contributed by atoms with van der Waals surface area (Å²) in [7, 11) is -3.77. The zero-order valence-electron chi connectivity index (χ0n) is 10.8. The molecule has 0 unspecified atom stereocenters. The van der Waals surface area contributed by atoms with Gasteiger partial charge in [-0.2, -0.15) is 0 Å². The summed E-state index contributed by atoms with van der Waals surface area (Å²) in [5, 5.41) is 0.105. The summed E-state index contributed by atoms with van der Waals surface area (Å²) in [5.41, 5.74) is 5.89. The standard InChI is InChI=1S/C12H14ClN3O3S/c1-2-9-6-15-12(19-9)7-16-20(17,18)11-5-8(14)3-4-10(11)13/h3-6,16H,2,7,14H2,1H3. The molecule has 0 bridgehead atoms. The number of rotatable bonds is 5. The average Bonchev–Trinajstić information content (AvgIpc) is 2.87. The Hall–Kier alpha value is -1.57. The predicted molar refractivity (Wildman–Crippen MR) is 75.8 cm³/mol. The first kappa shape index (κ1) is 14.8. The largest absolute Gasteiger partial charge is 0.444 e. The number of nitrogens with one attached hydrogen (secondary N) is 1. The molecule has 1 heterocycles. The summed E-state index contributed by atoms with van der Waals surface area (Å²) in [6.45, 7) is 1.87. The number of anilines is 1. The van der Waals surface area contributed by atoms with Crippen LogP contribution >= 0.6 is 11.6 Å². The molecule has 0 aliphatic heterocycles. The Balaban J connectivity index is 2.17. The van der Waals surface area contributed by atoms with Crippen molar-refractivity contribution in [2.24, 2.45) is 0 Å². The number of aryl methyl sites for hydroxylation is 1. The first-order valence-electron chi connectivity index (χ1n) is 5.90. The predicted octanol–water partition coefficient (Wildman–Crippen LogP) is 1.95. The fraction of sp³-hybridized carbons (Fsp3) is 0.250. The highest BCUT2D eigenvalue weighted by atomic mass is 35.5. The number of hydrogen-bond acceptors (Lipinski definition) is 5. The minimum atomic E-state index is -3.77. The van der Waals surface area contributed by atoms with Crippen molar-refractivity contribution in [1.29, 1.82) is 0 Å². The Morgan fingerprint density at radius 1 is 1.45 bits per heavy atom. The number of nitrogens with zero attached hydrogens (tertiary/aromatic N) is 1. The summed E-state index contributed by atoms with van der Waals surface area (Å²) in [6, 6.07) is 4.27. The van der Waals surface area contributed by atoms with Crippen molar-refractivity contribution < 1.29 is 12.8 Å². The van der Waals surface area contributed by atoms with Crippen molar-refractivity contribution in [2.75, 3.05) is 5.73 Å². The molecule has 0 amide bonds. The third kappa shape index (κ3) is 3.30. The Labute approximate surface area is 122 Å². The van der Waals surface area contributed by atoms with Gasteiger partial charge < -0.3 is 10.2 Å². The van der Waals surface area contributed by atoms with Crippen molar-refractivity contribution in [3.63, 3.8) is 0 Å². The summed E-state index contributed by atoms with van der Waals surface area (Å²) in [5.74, 6) is 0.992. The molecule has 0 aliphatic carbocycles. The van der Waals surface area contributed by atoms with Crippen molar-refractivity contribution >= 4 is 27.3 Å². The molecule has 0 saturated heterocycles. The molecule has 0 radical (unpaired) electrons. The lowest BCUT2D eigenvalue weighted by Gasteiger charge is -2.07. The normalized spacial score (nSPS) is 11.7. The van der Waals surface area contributed by atoms with Crippen LogP contribution in [0.3, 0.4) is 0 Å². The van der Waals surface area contributed by atoms with Crippen molar-refractivity contribution in [1.82, 2.24) is 9.71 Å². The van der Waals surface area contributed by atoms with Crippen LogP contribution in [0.25, 0.3) is 0 Å². The van der Waals surface area contributed by atoms with Crippen molar-refractivity contribution in [3.05, 3.63) is 41.1 Å². The molecule has 0 saturated carbocycles. The van der Waals surface area contributed by atoms with Crippen LogP contribution in [0.15, 0.2) is 33.7 Å². The molecule has 3 N–H and O–H groups in total. The third-order valence-corrected chi connectivity index (χ3v) is 4.49. The number of aromatic nitrogens is 1. The summed E-state index contributed by atoms with van der Waals surface area (Å²) < 4.78 is 32.0. The van der Waals surface area contributed by atoms with Gasteiger partial charge in [-0.15, -0.1) is 0 Å². The lowest BCUT2D eigenvalue weighted by atomic mass is 10.3. The van der Waals surface area contributed by atoms with Gasteiger partial charge in [-0.3, -0.25) is 0 Å². The second kappa shape index (κ2) is 5.82. The topological polar surface area (TPSA) is 98.2 Å². The lowest BCUT2D eigenvalue weighted by molar-refractivity contribution is 0.452. The molecule has 0 spiro atoms. The van der Waals surface area contributed by atoms with Crippen molar-refractivity contribution in [2.45, 2.75) is 24.8 Å². The quantitative estimate of drug-likeness (QED) is 0.822. The molecular weight excluding hydrogens is 302 g/mol. The van der Waals surface area contributed by atoms with E-state index in [1.807, 2.05) is 6.92 Å². The highest BCUT2D eigenvalue weighted by molar-refractivity contribution is 7.89. The molecule has 1 aromatic heterocycles. The van der Waals surface area contributed by atoms with E-state index in [-0.39, 0.29) is 16.5 Å². The smallest absolute Gasteiger partial charge is 0.242 e. The van der Waals surface area contributed by atoms with Crippen LogP contribution in [-0.4, -0.2) is 13.4 Å². The molecule has 0 atom stereocenters. The molecule has 2 rings (SSSR count). The maximum absolute atomic E-state index is 12.1. The molecule has 108 valence electrons. The van der Waals surface area contributed by atoms with Crippen LogP contribution in [0.2, 0.25) is 5.02 Å². The third-order valence-electron chi connectivity index (χ3n) is 2.61. The highest BCUT2D eigenvalue weighted by Crippen LogP contribution is 2.23. The molecule has 0 fully saturated rings. The maximum atomic E-state index is 12.1. The van der Waals surface area contributed by atoms with E-state index in [9.17, 15) is 8.42 Å². The van der Waals surface area contributed by atoms with Gasteiger partial charge in [0.1, 0.15) is 10.7 Å². The number of sulfonamides is 1. The monoisotopic (exact) mass is 315 g/mol.